The molecule has 2 amide bonds. The molecule has 2 atom stereocenters. The minimum absolute atomic E-state index is 0.0204. The molecule has 4 aromatic carbocycles. The van der Waals surface area contributed by atoms with Crippen LogP contribution < -0.4 is 9.80 Å². The highest BCUT2D eigenvalue weighted by molar-refractivity contribution is 6.07. The Hall–Kier alpha value is -6.66. The molecule has 0 bridgehead atoms. The highest BCUT2D eigenvalue weighted by Crippen LogP contribution is 2.50. The van der Waals surface area contributed by atoms with Gasteiger partial charge in [-0.25, -0.2) is 0 Å². The summed E-state index contributed by atoms with van der Waals surface area (Å²) in [5.74, 6) is 2.22. The third kappa shape index (κ3) is 13.4. The highest BCUT2D eigenvalue weighted by atomic mass is 16.5. The van der Waals surface area contributed by atoms with Crippen LogP contribution in [0.3, 0.4) is 0 Å². The number of carbonyl (C=O) groups excluding carboxylic acids is 6. The smallest absolute Gasteiger partial charge is 0.373 e. The van der Waals surface area contributed by atoms with Gasteiger partial charge in [0.1, 0.15) is 13.1 Å². The number of methoxy groups -OCH3 is 2. The van der Waals surface area contributed by atoms with Gasteiger partial charge < -0.3 is 38.2 Å². The summed E-state index contributed by atoms with van der Waals surface area (Å²) in [5, 5.41) is 2.79. The molecule has 6 aliphatic rings. The molecule has 0 N–H and O–H groups in total. The van der Waals surface area contributed by atoms with Crippen molar-refractivity contribution < 1.29 is 38.2 Å². The summed E-state index contributed by atoms with van der Waals surface area (Å²) in [6.45, 7) is 18.8. The van der Waals surface area contributed by atoms with Gasteiger partial charge in [-0.05, 0) is 167 Å². The molecule has 82 heavy (non-hydrogen) atoms. The van der Waals surface area contributed by atoms with E-state index in [1.807, 2.05) is 12.0 Å². The Balaban J connectivity index is 0.000000181. The zero-order valence-electron chi connectivity index (χ0n) is 49.6. The predicted octanol–water partition coefficient (Wildman–Crippen LogP) is 12.2. The van der Waals surface area contributed by atoms with Gasteiger partial charge in [-0.3, -0.25) is 9.59 Å². The van der Waals surface area contributed by atoms with E-state index < -0.39 is 0 Å². The molecule has 2 aliphatic carbocycles. The summed E-state index contributed by atoms with van der Waals surface area (Å²) < 4.78 is 15.8. The Morgan fingerprint density at radius 2 is 1.02 bits per heavy atom. The van der Waals surface area contributed by atoms with Gasteiger partial charge in [-0.2, -0.15) is 19.2 Å². The van der Waals surface area contributed by atoms with Crippen LogP contribution in [0.15, 0.2) is 72.8 Å². The lowest BCUT2D eigenvalue weighted by Gasteiger charge is -2.34. The van der Waals surface area contributed by atoms with E-state index in [-0.39, 0.29) is 37.2 Å². The lowest BCUT2D eigenvalue weighted by Crippen LogP contribution is -2.47. The Morgan fingerprint density at radius 3 is 1.60 bits per heavy atom. The van der Waals surface area contributed by atoms with Crippen LogP contribution in [0.2, 0.25) is 0 Å². The summed E-state index contributed by atoms with van der Waals surface area (Å²) in [7, 11) is 3.57. The lowest BCUT2D eigenvalue weighted by molar-refractivity contribution is -0.193. The van der Waals surface area contributed by atoms with Crippen LogP contribution in [0, 0.1) is 39.5 Å². The number of benzene rings is 4. The molecular formula is C68H86N6O8. The molecule has 4 aliphatic heterocycles. The van der Waals surface area contributed by atoms with Crippen LogP contribution in [0.1, 0.15) is 135 Å². The monoisotopic (exact) mass is 1110 g/mol. The number of fused-ring (bicyclic) bond motifs is 10. The number of carbonyl (C=O) groups is 2. The quantitative estimate of drug-likeness (QED) is 0.123. The fourth-order valence-corrected chi connectivity index (χ4v) is 14.7. The van der Waals surface area contributed by atoms with E-state index in [9.17, 15) is 9.59 Å². The van der Waals surface area contributed by atoms with Gasteiger partial charge in [0.15, 0.2) is 0 Å². The Kier molecular flexibility index (Phi) is 20.5. The van der Waals surface area contributed by atoms with Crippen LogP contribution in [-0.2, 0) is 51.3 Å². The van der Waals surface area contributed by atoms with Crippen molar-refractivity contribution in [3.05, 3.63) is 106 Å². The molecule has 0 unspecified atom stereocenters. The average Bonchev–Trinajstić information content (AvgIpc) is 3.04. The van der Waals surface area contributed by atoms with Crippen molar-refractivity contribution in [2.45, 2.75) is 143 Å². The minimum atomic E-state index is -0.0204. The number of aromatic nitrogens is 2. The van der Waals surface area contributed by atoms with Gasteiger partial charge in [-0.15, -0.1) is 0 Å². The largest absolute Gasteiger partial charge is 0.384 e. The molecular weight excluding hydrogens is 1030 g/mol. The van der Waals surface area contributed by atoms with Crippen LogP contribution in [0.4, 0.5) is 11.4 Å². The number of hydrogen-bond acceptors (Lipinski definition) is 10. The Bertz CT molecular complexity index is 3250. The Morgan fingerprint density at radius 1 is 0.537 bits per heavy atom. The van der Waals surface area contributed by atoms with E-state index in [0.717, 1.165) is 74.5 Å². The number of likely N-dealkylation sites (tertiary alicyclic amines) is 2. The van der Waals surface area contributed by atoms with Crippen molar-refractivity contribution in [2.24, 2.45) is 11.8 Å². The maximum absolute atomic E-state index is 14.1. The van der Waals surface area contributed by atoms with Crippen LogP contribution in [0.25, 0.3) is 44.3 Å². The second kappa shape index (κ2) is 28.1. The summed E-state index contributed by atoms with van der Waals surface area (Å²) in [4.78, 5) is 69.3. The number of nitrogens with zero attached hydrogens (tertiary/aromatic N) is 6. The summed E-state index contributed by atoms with van der Waals surface area (Å²) in [6, 6.07) is 27.6. The average molecular weight is 1120 g/mol. The molecule has 0 radical (unpaired) electrons. The molecule has 14 heteroatoms. The molecule has 12 rings (SSSR count). The number of amides is 2. The first-order valence-electron chi connectivity index (χ1n) is 30.4. The van der Waals surface area contributed by atoms with Crippen LogP contribution >= 0.6 is 0 Å². The fourth-order valence-electron chi connectivity index (χ4n) is 14.7. The zero-order valence-corrected chi connectivity index (χ0v) is 49.6. The van der Waals surface area contributed by atoms with Gasteiger partial charge >= 0.3 is 12.3 Å². The normalized spacial score (nSPS) is 19.3. The van der Waals surface area contributed by atoms with Crippen LogP contribution in [0.5, 0.6) is 0 Å². The van der Waals surface area contributed by atoms with E-state index in [1.54, 1.807) is 17.6 Å². The molecule has 6 aromatic rings. The van der Waals surface area contributed by atoms with Crippen molar-refractivity contribution in [1.82, 2.24) is 18.9 Å². The van der Waals surface area contributed by atoms with E-state index >= 15 is 0 Å². The Labute approximate surface area is 485 Å². The second-order valence-corrected chi connectivity index (χ2v) is 24.2. The van der Waals surface area contributed by atoms with E-state index in [0.29, 0.717) is 36.8 Å². The van der Waals surface area contributed by atoms with Crippen molar-refractivity contribution >= 4 is 57.3 Å². The number of aryl methyl sites for hydroxylation is 4. The molecule has 2 saturated carbocycles. The third-order valence-electron chi connectivity index (χ3n) is 18.4. The lowest BCUT2D eigenvalue weighted by atomic mass is 9.81. The first-order chi connectivity index (χ1) is 39.9. The fraction of sp³-hybridized carbons (Fsp3) is 0.529. The zero-order chi connectivity index (χ0) is 57.9. The van der Waals surface area contributed by atoms with Crippen molar-refractivity contribution in [3.8, 4) is 22.5 Å². The first-order valence-corrected chi connectivity index (χ1v) is 30.4. The number of hydrogen-bond donors (Lipinski definition) is 0. The van der Waals surface area contributed by atoms with Crippen molar-refractivity contribution in [2.75, 3.05) is 89.6 Å². The third-order valence-corrected chi connectivity index (χ3v) is 18.4. The van der Waals surface area contributed by atoms with Gasteiger partial charge in [0, 0.05) is 98.7 Å². The second-order valence-electron chi connectivity index (χ2n) is 24.2. The van der Waals surface area contributed by atoms with E-state index in [4.69, 9.17) is 28.7 Å². The van der Waals surface area contributed by atoms with Crippen molar-refractivity contribution in [3.63, 3.8) is 0 Å². The van der Waals surface area contributed by atoms with E-state index in [1.165, 1.54) is 151 Å². The molecule has 4 fully saturated rings. The molecule has 2 saturated heterocycles. The molecule has 2 aromatic heterocycles. The van der Waals surface area contributed by atoms with Gasteiger partial charge in [0.25, 0.3) is 0 Å². The first kappa shape index (κ1) is 59.9. The molecule has 6 heterocycles. The number of ether oxygens (including phenoxy) is 2. The van der Waals surface area contributed by atoms with Gasteiger partial charge in [0.2, 0.25) is 11.8 Å². The number of piperidine rings is 2. The van der Waals surface area contributed by atoms with Gasteiger partial charge in [-0.1, -0.05) is 87.1 Å². The summed E-state index contributed by atoms with van der Waals surface area (Å²) in [6.07, 6.45) is 18.2. The number of rotatable bonds is 11. The molecule has 14 nitrogen and oxygen atoms in total. The van der Waals surface area contributed by atoms with Crippen LogP contribution in [-0.4, -0.2) is 123 Å². The van der Waals surface area contributed by atoms with Gasteiger partial charge in [0.05, 0.1) is 30.3 Å². The minimum Gasteiger partial charge on any atom is -0.384 e. The maximum atomic E-state index is 14.1. The summed E-state index contributed by atoms with van der Waals surface area (Å²) >= 11 is 0. The maximum Gasteiger partial charge on any atom is 0.373 e. The standard InChI is InChI=1S/C33H41N3O3.C33H45N3O.2CO2/c1-22-11-13-26-28(16-22)36-20-31(38)35(19-30(37)34-15-7-8-24(18-34)21-39-3)29-17-23(2)12-14-27(29)33(36)32(26)25-9-5-4-6-10-25;1-24-12-14-29-30(20-24)35(17-16-34-15-7-8-26(22-34)23-37-3)18-19-36-31-21-25(2)11-13-28(31)32(33(29)36)27-9-5-4-6-10-27;2*2-1-3/h11-14,16-17,24-25H,4-10,15,18-21H2,1-3H3;11-14,20-21,26-27H,4-10,15-19,22-23H2,1-3H3;;/t24-;26-;;/m11../s1. The van der Waals surface area contributed by atoms with E-state index in [2.05, 4.69) is 119 Å². The molecule has 436 valence electrons. The number of anilines is 2. The summed E-state index contributed by atoms with van der Waals surface area (Å²) in [5.41, 5.74) is 18.2. The SMILES string of the molecule is COC[C@@H]1CCCN(C(=O)CN2C(=O)Cn3c(c(C4CCCCC4)c4ccc(C)cc43)-c3ccc(C)cc32)C1.COC[C@@H]1CCCN(CCN2CCn3c(c(C4CCCCC4)c4ccc(C)cc43)-c3ccc(C)cc32)C1.O=C=O.O=C=O. The molecule has 0 spiro atoms. The topological polar surface area (TPSA) is 144 Å². The van der Waals surface area contributed by atoms with Crippen molar-refractivity contribution in [1.29, 1.82) is 0 Å². The highest BCUT2D eigenvalue weighted by Gasteiger charge is 2.36. The predicted molar refractivity (Wildman–Crippen MR) is 322 cm³/mol.